The molecule has 0 saturated carbocycles. The second-order valence-corrected chi connectivity index (χ2v) is 7.67. The lowest BCUT2D eigenvalue weighted by Gasteiger charge is -2.30. The monoisotopic (exact) mass is 404 g/mol. The molecule has 6 nitrogen and oxygen atoms in total. The minimum atomic E-state index is -0.470. The average molecular weight is 404 g/mol. The van der Waals surface area contributed by atoms with Crippen molar-refractivity contribution in [3.8, 4) is 11.8 Å². The number of methoxy groups -OCH3 is 1. The maximum absolute atomic E-state index is 13.1. The van der Waals surface area contributed by atoms with E-state index in [1.54, 1.807) is 37.1 Å². The Labute approximate surface area is 173 Å². The summed E-state index contributed by atoms with van der Waals surface area (Å²) in [6.45, 7) is 0. The van der Waals surface area contributed by atoms with Crippen molar-refractivity contribution in [2.24, 2.45) is 10.9 Å². The highest BCUT2D eigenvalue weighted by atomic mass is 32.2. The third-order valence-electron chi connectivity index (χ3n) is 5.04. The van der Waals surface area contributed by atoms with Gasteiger partial charge in [0.1, 0.15) is 17.4 Å². The highest BCUT2D eigenvalue weighted by Gasteiger charge is 2.45. The van der Waals surface area contributed by atoms with Gasteiger partial charge in [0.2, 0.25) is 5.78 Å². The van der Waals surface area contributed by atoms with Crippen molar-refractivity contribution in [3.63, 3.8) is 0 Å². The van der Waals surface area contributed by atoms with E-state index in [1.165, 1.54) is 0 Å². The Morgan fingerprint density at radius 2 is 1.93 bits per heavy atom. The Bertz CT molecular complexity index is 1010. The maximum Gasteiger partial charge on any atom is 0.211 e. The first-order chi connectivity index (χ1) is 14.2. The number of Topliss-reactive ketones (excluding diaryl/α,β-unsaturated/α-hetero) is 1. The lowest BCUT2D eigenvalue weighted by Crippen LogP contribution is -2.40. The molecule has 4 rings (SSSR count). The van der Waals surface area contributed by atoms with Gasteiger partial charge in [-0.2, -0.15) is 5.26 Å². The molecule has 2 aromatic rings. The SMILES string of the molecule is COc1ccc(C2=CC(C(=O)c3ccccc3)=NC3C(C#N)C(SC)NN23)cc1. The first-order valence-electron chi connectivity index (χ1n) is 9.17. The first-order valence-corrected chi connectivity index (χ1v) is 10.5. The van der Waals surface area contributed by atoms with Crippen LogP contribution < -0.4 is 10.2 Å². The molecule has 0 radical (unpaired) electrons. The van der Waals surface area contributed by atoms with Gasteiger partial charge in [-0.25, -0.2) is 5.43 Å². The van der Waals surface area contributed by atoms with E-state index in [0.717, 1.165) is 17.0 Å². The number of ketones is 1. The third-order valence-corrected chi connectivity index (χ3v) is 5.95. The molecule has 0 aromatic heterocycles. The standard InChI is InChI=1S/C22H20N4O2S/c1-28-16-10-8-14(9-11-16)19-12-18(20(27)15-6-4-3-5-7-15)24-21-17(13-23)22(29-2)25-26(19)21/h3-12,17,21-22,25H,1-2H3. The highest BCUT2D eigenvalue weighted by molar-refractivity contribution is 7.99. The van der Waals surface area contributed by atoms with Gasteiger partial charge < -0.3 is 4.74 Å². The maximum atomic E-state index is 13.1. The van der Waals surface area contributed by atoms with Crippen LogP contribution in [0.25, 0.3) is 5.70 Å². The molecule has 7 heteroatoms. The molecule has 146 valence electrons. The van der Waals surface area contributed by atoms with E-state index in [4.69, 9.17) is 4.74 Å². The molecule has 0 amide bonds. The number of carbonyl (C=O) groups excluding carboxylic acids is 1. The van der Waals surface area contributed by atoms with E-state index in [1.807, 2.05) is 53.7 Å². The van der Waals surface area contributed by atoms with E-state index >= 15 is 0 Å². The van der Waals surface area contributed by atoms with Crippen LogP contribution in [0.1, 0.15) is 15.9 Å². The number of allylic oxidation sites excluding steroid dienone is 1. The van der Waals surface area contributed by atoms with Gasteiger partial charge in [-0.1, -0.05) is 30.3 Å². The molecule has 0 aliphatic carbocycles. The highest BCUT2D eigenvalue weighted by Crippen LogP contribution is 2.37. The largest absolute Gasteiger partial charge is 0.497 e. The zero-order valence-electron chi connectivity index (χ0n) is 16.1. The molecule has 1 saturated heterocycles. The summed E-state index contributed by atoms with van der Waals surface area (Å²) in [6, 6.07) is 19.1. The average Bonchev–Trinajstić information content (AvgIpc) is 3.16. The van der Waals surface area contributed by atoms with E-state index in [0.29, 0.717) is 11.3 Å². The lowest BCUT2D eigenvalue weighted by atomic mass is 10.00. The number of thioether (sulfide) groups is 1. The van der Waals surface area contributed by atoms with Gasteiger partial charge in [-0.3, -0.25) is 14.8 Å². The van der Waals surface area contributed by atoms with Gasteiger partial charge in [0.05, 0.1) is 24.2 Å². The van der Waals surface area contributed by atoms with Crippen LogP contribution in [-0.2, 0) is 0 Å². The Morgan fingerprint density at radius 3 is 2.55 bits per heavy atom. The van der Waals surface area contributed by atoms with Crippen LogP contribution in [0.15, 0.2) is 65.7 Å². The fourth-order valence-electron chi connectivity index (χ4n) is 3.52. The number of hydrogen-bond acceptors (Lipinski definition) is 7. The Balaban J connectivity index is 1.79. The van der Waals surface area contributed by atoms with Gasteiger partial charge in [-0.15, -0.1) is 11.8 Å². The zero-order valence-corrected chi connectivity index (χ0v) is 16.9. The topological polar surface area (TPSA) is 77.7 Å². The van der Waals surface area contributed by atoms with E-state index in [2.05, 4.69) is 16.5 Å². The molecule has 2 aromatic carbocycles. The van der Waals surface area contributed by atoms with Gasteiger partial charge >= 0.3 is 0 Å². The van der Waals surface area contributed by atoms with E-state index in [9.17, 15) is 10.1 Å². The summed E-state index contributed by atoms with van der Waals surface area (Å²) in [4.78, 5) is 17.8. The number of fused-ring (bicyclic) bond motifs is 1. The fraction of sp³-hybridized carbons (Fsp3) is 0.227. The normalized spacial score (nSPS) is 22.9. The summed E-state index contributed by atoms with van der Waals surface area (Å²) >= 11 is 1.56. The quantitative estimate of drug-likeness (QED) is 0.770. The fourth-order valence-corrected chi connectivity index (χ4v) is 4.23. The molecule has 1 fully saturated rings. The summed E-state index contributed by atoms with van der Waals surface area (Å²) in [5.74, 6) is 0.216. The second kappa shape index (κ2) is 8.11. The van der Waals surface area contributed by atoms with Crippen LogP contribution >= 0.6 is 11.8 Å². The van der Waals surface area contributed by atoms with Crippen LogP contribution in [-0.4, -0.2) is 41.4 Å². The van der Waals surface area contributed by atoms with Crippen LogP contribution in [0, 0.1) is 17.2 Å². The molecule has 3 unspecified atom stereocenters. The molecular weight excluding hydrogens is 384 g/mol. The Hall–Kier alpha value is -3.08. The first kappa shape index (κ1) is 19.2. The number of ether oxygens (including phenoxy) is 1. The van der Waals surface area contributed by atoms with Gasteiger partial charge in [0.15, 0.2) is 6.17 Å². The number of nitriles is 1. The molecule has 2 aliphatic rings. The molecular formula is C22H20N4O2S. The molecule has 0 spiro atoms. The third kappa shape index (κ3) is 3.53. The molecule has 29 heavy (non-hydrogen) atoms. The Kier molecular flexibility index (Phi) is 5.38. The van der Waals surface area contributed by atoms with Gasteiger partial charge in [-0.05, 0) is 42.2 Å². The predicted molar refractivity (Wildman–Crippen MR) is 114 cm³/mol. The van der Waals surface area contributed by atoms with Crippen LogP contribution in [0.3, 0.4) is 0 Å². The van der Waals surface area contributed by atoms with Crippen LogP contribution in [0.2, 0.25) is 0 Å². The van der Waals surface area contributed by atoms with Crippen molar-refractivity contribution in [1.29, 1.82) is 5.26 Å². The number of hydrogen-bond donors (Lipinski definition) is 1. The lowest BCUT2D eigenvalue weighted by molar-refractivity contribution is 0.106. The number of aliphatic imine (C=N–C) groups is 1. The van der Waals surface area contributed by atoms with Crippen molar-refractivity contribution in [2.45, 2.75) is 11.5 Å². The molecule has 0 bridgehead atoms. The molecule has 1 N–H and O–H groups in total. The smallest absolute Gasteiger partial charge is 0.211 e. The summed E-state index contributed by atoms with van der Waals surface area (Å²) in [6.07, 6.45) is 3.27. The molecule has 3 atom stereocenters. The number of carbonyl (C=O) groups is 1. The van der Waals surface area contributed by atoms with Crippen molar-refractivity contribution in [2.75, 3.05) is 13.4 Å². The van der Waals surface area contributed by atoms with Crippen molar-refractivity contribution >= 4 is 29.0 Å². The van der Waals surface area contributed by atoms with Crippen LogP contribution in [0.5, 0.6) is 5.75 Å². The molecule has 2 heterocycles. The van der Waals surface area contributed by atoms with Crippen molar-refractivity contribution in [3.05, 3.63) is 71.8 Å². The number of nitrogens with one attached hydrogen (secondary N) is 1. The molecule has 2 aliphatic heterocycles. The van der Waals surface area contributed by atoms with Crippen molar-refractivity contribution in [1.82, 2.24) is 10.4 Å². The number of rotatable bonds is 5. The number of benzene rings is 2. The number of hydrazine groups is 1. The predicted octanol–water partition coefficient (Wildman–Crippen LogP) is 3.35. The van der Waals surface area contributed by atoms with Crippen molar-refractivity contribution < 1.29 is 9.53 Å². The summed E-state index contributed by atoms with van der Waals surface area (Å²) < 4.78 is 5.26. The van der Waals surface area contributed by atoms with E-state index < -0.39 is 6.17 Å². The minimum absolute atomic E-state index is 0.110. The van der Waals surface area contributed by atoms with E-state index in [-0.39, 0.29) is 17.1 Å². The Morgan fingerprint density at radius 1 is 1.21 bits per heavy atom. The van der Waals surface area contributed by atoms with Gasteiger partial charge in [0, 0.05) is 5.56 Å². The zero-order chi connectivity index (χ0) is 20.4. The summed E-state index contributed by atoms with van der Waals surface area (Å²) in [7, 11) is 1.62. The number of nitrogens with zero attached hydrogens (tertiary/aromatic N) is 3. The summed E-state index contributed by atoms with van der Waals surface area (Å²) in [5.41, 5.74) is 6.03. The van der Waals surface area contributed by atoms with Crippen LogP contribution in [0.4, 0.5) is 0 Å². The summed E-state index contributed by atoms with van der Waals surface area (Å²) in [5, 5.41) is 11.5. The van der Waals surface area contributed by atoms with Gasteiger partial charge in [0.25, 0.3) is 0 Å². The minimum Gasteiger partial charge on any atom is -0.497 e. The second-order valence-electron chi connectivity index (χ2n) is 6.69.